The quantitative estimate of drug-likeness (QED) is 0.398. The summed E-state index contributed by atoms with van der Waals surface area (Å²) in [6.45, 7) is 0. The molecule has 0 bridgehead atoms. The summed E-state index contributed by atoms with van der Waals surface area (Å²) < 4.78 is 1.32. The van der Waals surface area contributed by atoms with Gasteiger partial charge in [-0.15, -0.1) is 0 Å². The molecule has 0 fully saturated rings. The fraction of sp³-hybridized carbons (Fsp3) is 0.0714. The van der Waals surface area contributed by atoms with Crippen molar-refractivity contribution < 1.29 is 26.7 Å². The molecule has 22 heavy (non-hydrogen) atoms. The van der Waals surface area contributed by atoms with Crippen LogP contribution in [0.1, 0.15) is 5.56 Å². The fourth-order valence-corrected chi connectivity index (χ4v) is 1.71. The number of carbonyl (C=O) groups is 1. The number of benzene rings is 1. The molecule has 0 N–H and O–H groups in total. The second-order valence-electron chi connectivity index (χ2n) is 4.22. The topological polar surface area (TPSA) is 91.1 Å². The van der Waals surface area contributed by atoms with Gasteiger partial charge in [0.1, 0.15) is 18.1 Å². The van der Waals surface area contributed by atoms with Crippen LogP contribution in [0.3, 0.4) is 0 Å². The summed E-state index contributed by atoms with van der Waals surface area (Å²) in [5, 5.41) is 19.3. The van der Waals surface area contributed by atoms with Gasteiger partial charge in [-0.3, -0.25) is 10.1 Å². The highest BCUT2D eigenvalue weighted by Crippen LogP contribution is 2.18. The van der Waals surface area contributed by atoms with E-state index in [1.54, 1.807) is 7.05 Å². The minimum Gasteiger partial charge on any atom is -1.00 e. The maximum atomic E-state index is 12.2. The van der Waals surface area contributed by atoms with Gasteiger partial charge >= 0.3 is 6.03 Å². The lowest BCUT2D eigenvalue weighted by atomic mass is 10.2. The lowest BCUT2D eigenvalue weighted by Gasteiger charge is -2.09. The summed E-state index contributed by atoms with van der Waals surface area (Å²) in [6, 6.07) is 10.4. The number of nitrogens with zero attached hydrogens (tertiary/aromatic N) is 4. The van der Waals surface area contributed by atoms with Gasteiger partial charge < -0.3 is 12.4 Å². The molecule has 1 amide bonds. The molecule has 1 heterocycles. The summed E-state index contributed by atoms with van der Waals surface area (Å²) in [5.41, 5.74) is 0.949. The van der Waals surface area contributed by atoms with Crippen LogP contribution in [-0.4, -0.2) is 18.0 Å². The van der Waals surface area contributed by atoms with E-state index >= 15 is 0 Å². The Labute approximate surface area is 132 Å². The largest absolute Gasteiger partial charge is 1.00 e. The molecule has 112 valence electrons. The van der Waals surface area contributed by atoms with E-state index in [9.17, 15) is 14.9 Å². The summed E-state index contributed by atoms with van der Waals surface area (Å²) in [7, 11) is 1.56. The van der Waals surface area contributed by atoms with Gasteiger partial charge in [0.15, 0.2) is 0 Å². The van der Waals surface area contributed by atoms with E-state index in [1.807, 2.05) is 6.07 Å². The van der Waals surface area contributed by atoms with Crippen molar-refractivity contribution in [3.8, 4) is 6.07 Å². The van der Waals surface area contributed by atoms with Crippen LogP contribution in [0.25, 0.3) is 0 Å². The van der Waals surface area contributed by atoms with Crippen LogP contribution >= 0.6 is 0 Å². The van der Waals surface area contributed by atoms with E-state index < -0.39 is 4.92 Å². The molecule has 8 heteroatoms. The fourth-order valence-electron chi connectivity index (χ4n) is 1.71. The van der Waals surface area contributed by atoms with Crippen molar-refractivity contribution in [2.75, 3.05) is 11.9 Å². The Morgan fingerprint density at radius 3 is 2.23 bits per heavy atom. The first kappa shape index (κ1) is 17.1. The van der Waals surface area contributed by atoms with E-state index in [-0.39, 0.29) is 24.1 Å². The van der Waals surface area contributed by atoms with E-state index in [0.717, 1.165) is 0 Å². The van der Waals surface area contributed by atoms with Gasteiger partial charge in [-0.25, -0.2) is 0 Å². The normalized spacial score (nSPS) is 9.27. The Kier molecular flexibility index (Phi) is 5.55. The Balaban J connectivity index is 0.00000242. The lowest BCUT2D eigenvalue weighted by molar-refractivity contribution is -0.569. The smallest absolute Gasteiger partial charge is 0.502 e. The number of nitro groups is 1. The van der Waals surface area contributed by atoms with Crippen LogP contribution in [0.2, 0.25) is 0 Å². The van der Waals surface area contributed by atoms with Gasteiger partial charge in [0.05, 0.1) is 23.6 Å². The van der Waals surface area contributed by atoms with E-state index in [4.69, 9.17) is 5.26 Å². The molecule has 1 aromatic carbocycles. The Morgan fingerprint density at radius 1 is 1.23 bits per heavy atom. The Bertz CT molecular complexity index is 723. The minimum absolute atomic E-state index is 0. The highest BCUT2D eigenvalue weighted by Gasteiger charge is 2.22. The molecule has 2 aromatic rings. The number of nitro benzene ring substituents is 1. The van der Waals surface area contributed by atoms with Crippen molar-refractivity contribution in [1.29, 1.82) is 5.26 Å². The standard InChI is InChI=1S/C14H11N4O3.ClH/c1-16(12-2-4-13(5-3-12)18(20)21)14(19)17-8-6-11(10-15)7-9-17;/h2-9H,1H3;1H/q+1;/p-1. The van der Waals surface area contributed by atoms with Crippen molar-refractivity contribution in [3.63, 3.8) is 0 Å². The Hall–Kier alpha value is -2.98. The molecule has 0 aliphatic heterocycles. The highest BCUT2D eigenvalue weighted by molar-refractivity contribution is 5.85. The summed E-state index contributed by atoms with van der Waals surface area (Å²) in [6.07, 6.45) is 2.98. The molecule has 0 atom stereocenters. The van der Waals surface area contributed by atoms with Crippen LogP contribution < -0.4 is 21.9 Å². The number of anilines is 1. The molecule has 0 radical (unpaired) electrons. The van der Waals surface area contributed by atoms with Gasteiger partial charge in [0, 0.05) is 12.1 Å². The third kappa shape index (κ3) is 3.56. The molecule has 0 saturated carbocycles. The average molecular weight is 319 g/mol. The molecule has 7 nitrogen and oxygen atoms in total. The number of hydrogen-bond acceptors (Lipinski definition) is 4. The van der Waals surface area contributed by atoms with Crippen LogP contribution in [0.4, 0.5) is 16.2 Å². The van der Waals surface area contributed by atoms with Crippen molar-refractivity contribution >= 4 is 17.4 Å². The number of nitriles is 1. The maximum Gasteiger partial charge on any atom is 0.502 e. The molecule has 0 aliphatic rings. The number of halogens is 1. The van der Waals surface area contributed by atoms with Crippen LogP contribution in [-0.2, 0) is 0 Å². The third-order valence-corrected chi connectivity index (χ3v) is 2.91. The minimum atomic E-state index is -0.499. The predicted octanol–water partition coefficient (Wildman–Crippen LogP) is -1.14. The number of non-ortho nitro benzene ring substituents is 1. The molecule has 1 aromatic heterocycles. The zero-order chi connectivity index (χ0) is 15.4. The van der Waals surface area contributed by atoms with Crippen LogP contribution in [0.15, 0.2) is 48.8 Å². The zero-order valence-corrected chi connectivity index (χ0v) is 12.3. The van der Waals surface area contributed by atoms with E-state index in [2.05, 4.69) is 0 Å². The summed E-state index contributed by atoms with van der Waals surface area (Å²) in [5.74, 6) is 0. The molecule has 0 unspecified atom stereocenters. The van der Waals surface area contributed by atoms with Gasteiger partial charge in [0.25, 0.3) is 5.69 Å². The molecule has 0 aliphatic carbocycles. The Morgan fingerprint density at radius 2 is 1.77 bits per heavy atom. The van der Waals surface area contributed by atoms with Crippen molar-refractivity contribution in [3.05, 3.63) is 64.5 Å². The third-order valence-electron chi connectivity index (χ3n) is 2.91. The van der Waals surface area contributed by atoms with Crippen LogP contribution in [0.5, 0.6) is 0 Å². The van der Waals surface area contributed by atoms with Gasteiger partial charge in [-0.05, 0) is 24.3 Å². The van der Waals surface area contributed by atoms with Crippen molar-refractivity contribution in [2.45, 2.75) is 0 Å². The van der Waals surface area contributed by atoms with Crippen molar-refractivity contribution in [1.82, 2.24) is 0 Å². The second kappa shape index (κ2) is 7.15. The number of aromatic nitrogens is 1. The number of pyridine rings is 1. The number of hydrogen-bond donors (Lipinski definition) is 0. The molecular formula is C14H11ClN4O3. The van der Waals surface area contributed by atoms with E-state index in [1.165, 1.54) is 58.3 Å². The van der Waals surface area contributed by atoms with Gasteiger partial charge in [-0.2, -0.15) is 19.5 Å². The molecule has 0 spiro atoms. The highest BCUT2D eigenvalue weighted by atomic mass is 35.5. The van der Waals surface area contributed by atoms with Crippen molar-refractivity contribution in [2.24, 2.45) is 0 Å². The number of amides is 1. The molecule has 0 saturated heterocycles. The monoisotopic (exact) mass is 318 g/mol. The first-order valence-electron chi connectivity index (χ1n) is 5.97. The number of rotatable bonds is 2. The zero-order valence-electron chi connectivity index (χ0n) is 11.5. The molecular weight excluding hydrogens is 308 g/mol. The van der Waals surface area contributed by atoms with Crippen LogP contribution in [0, 0.1) is 21.4 Å². The lowest BCUT2D eigenvalue weighted by Crippen LogP contribution is -3.00. The second-order valence-corrected chi connectivity index (χ2v) is 4.22. The summed E-state index contributed by atoms with van der Waals surface area (Å²) in [4.78, 5) is 23.7. The molecule has 2 rings (SSSR count). The first-order valence-corrected chi connectivity index (χ1v) is 5.97. The SMILES string of the molecule is CN(C(=O)[n+]1ccc(C#N)cc1)c1ccc([N+](=O)[O-])cc1.[Cl-]. The first-order chi connectivity index (χ1) is 10.0. The maximum absolute atomic E-state index is 12.2. The predicted molar refractivity (Wildman–Crippen MR) is 73.6 cm³/mol. The van der Waals surface area contributed by atoms with Gasteiger partial charge in [-0.1, -0.05) is 0 Å². The number of carbonyl (C=O) groups excluding carboxylic acids is 1. The van der Waals surface area contributed by atoms with Gasteiger partial charge in [0.2, 0.25) is 0 Å². The van der Waals surface area contributed by atoms with E-state index in [0.29, 0.717) is 11.3 Å². The average Bonchev–Trinajstić information content (AvgIpc) is 2.53. The summed E-state index contributed by atoms with van der Waals surface area (Å²) >= 11 is 0.